The summed E-state index contributed by atoms with van der Waals surface area (Å²) in [5.74, 6) is 1.46. The van der Waals surface area contributed by atoms with Crippen molar-refractivity contribution in [2.24, 2.45) is 0 Å². The van der Waals surface area contributed by atoms with Crippen LogP contribution in [0.15, 0.2) is 35.1 Å². The summed E-state index contributed by atoms with van der Waals surface area (Å²) in [5, 5.41) is 5.20. The van der Waals surface area contributed by atoms with Crippen LogP contribution in [0.25, 0.3) is 0 Å². The van der Waals surface area contributed by atoms with Crippen molar-refractivity contribution < 1.29 is 0 Å². The van der Waals surface area contributed by atoms with Crippen molar-refractivity contribution in [1.82, 2.24) is 14.8 Å². The van der Waals surface area contributed by atoms with E-state index in [1.165, 1.54) is 5.56 Å². The van der Waals surface area contributed by atoms with Gasteiger partial charge in [-0.15, -0.1) is 0 Å². The van der Waals surface area contributed by atoms with Gasteiger partial charge >= 0.3 is 0 Å². The van der Waals surface area contributed by atoms with Crippen LogP contribution in [0.5, 0.6) is 0 Å². The van der Waals surface area contributed by atoms with Crippen molar-refractivity contribution in [1.29, 1.82) is 0 Å². The molecule has 0 aliphatic carbocycles. The molecule has 5 heteroatoms. The molecule has 1 aromatic heterocycles. The van der Waals surface area contributed by atoms with Gasteiger partial charge in [0.05, 0.1) is 0 Å². The summed E-state index contributed by atoms with van der Waals surface area (Å²) in [6, 6.07) is 8.36. The van der Waals surface area contributed by atoms with E-state index in [-0.39, 0.29) is 0 Å². The van der Waals surface area contributed by atoms with Crippen LogP contribution in [-0.2, 0) is 13.0 Å². The molecule has 1 atom stereocenters. The summed E-state index contributed by atoms with van der Waals surface area (Å²) in [6.07, 6.45) is 3.62. The van der Waals surface area contributed by atoms with Gasteiger partial charge in [-0.25, -0.2) is 4.98 Å². The van der Waals surface area contributed by atoms with Crippen LogP contribution in [0, 0.1) is 0 Å². The molecular formula is C14H17Br2N3. The second-order valence-electron chi connectivity index (χ2n) is 4.48. The van der Waals surface area contributed by atoms with Gasteiger partial charge in [0.1, 0.15) is 12.2 Å². The first-order valence-electron chi connectivity index (χ1n) is 6.43. The van der Waals surface area contributed by atoms with Crippen molar-refractivity contribution in [2.45, 2.75) is 32.2 Å². The fourth-order valence-corrected chi connectivity index (χ4v) is 3.31. The minimum atomic E-state index is 0.399. The van der Waals surface area contributed by atoms with Crippen LogP contribution in [0.1, 0.15) is 30.7 Å². The Morgan fingerprint density at radius 1 is 1.32 bits per heavy atom. The smallest absolute Gasteiger partial charge is 0.138 e. The zero-order valence-electron chi connectivity index (χ0n) is 10.9. The molecule has 1 aromatic carbocycles. The summed E-state index contributed by atoms with van der Waals surface area (Å²) in [7, 11) is 0. The van der Waals surface area contributed by atoms with Gasteiger partial charge in [-0.2, -0.15) is 5.10 Å². The predicted octanol–water partition coefficient (Wildman–Crippen LogP) is 4.17. The first kappa shape index (κ1) is 14.7. The molecule has 0 amide bonds. The van der Waals surface area contributed by atoms with E-state index in [1.807, 2.05) is 10.7 Å². The Balaban J connectivity index is 2.19. The molecule has 0 bridgehead atoms. The summed E-state index contributed by atoms with van der Waals surface area (Å²) in [4.78, 5) is 4.39. The predicted molar refractivity (Wildman–Crippen MR) is 84.7 cm³/mol. The second kappa shape index (κ2) is 7.20. The average molecular weight is 387 g/mol. The van der Waals surface area contributed by atoms with Crippen molar-refractivity contribution in [3.63, 3.8) is 0 Å². The van der Waals surface area contributed by atoms with Crippen LogP contribution >= 0.6 is 31.9 Å². The van der Waals surface area contributed by atoms with Gasteiger partial charge in [-0.1, -0.05) is 57.0 Å². The molecule has 0 N–H and O–H groups in total. The van der Waals surface area contributed by atoms with Crippen LogP contribution in [-0.4, -0.2) is 20.1 Å². The Bertz CT molecular complexity index is 525. The number of benzene rings is 1. The van der Waals surface area contributed by atoms with Crippen LogP contribution < -0.4 is 0 Å². The number of aromatic nitrogens is 3. The summed E-state index contributed by atoms with van der Waals surface area (Å²) >= 11 is 7.25. The van der Waals surface area contributed by atoms with Crippen LogP contribution in [0.2, 0.25) is 0 Å². The van der Waals surface area contributed by atoms with E-state index in [2.05, 4.69) is 67.1 Å². The van der Waals surface area contributed by atoms with Crippen molar-refractivity contribution >= 4 is 31.9 Å². The molecule has 3 nitrogen and oxygen atoms in total. The average Bonchev–Trinajstić information content (AvgIpc) is 2.85. The molecule has 2 rings (SSSR count). The molecule has 0 spiro atoms. The number of alkyl halides is 1. The lowest BCUT2D eigenvalue weighted by atomic mass is 9.97. The van der Waals surface area contributed by atoms with Gasteiger partial charge in [-0.05, 0) is 18.1 Å². The van der Waals surface area contributed by atoms with E-state index in [9.17, 15) is 0 Å². The normalized spacial score (nSPS) is 12.6. The van der Waals surface area contributed by atoms with Gasteiger partial charge in [-0.3, -0.25) is 4.68 Å². The van der Waals surface area contributed by atoms with Crippen LogP contribution in [0.4, 0.5) is 0 Å². The van der Waals surface area contributed by atoms with E-state index in [1.54, 1.807) is 6.33 Å². The third kappa shape index (κ3) is 3.66. The largest absolute Gasteiger partial charge is 0.250 e. The quantitative estimate of drug-likeness (QED) is 0.697. The Hall–Kier alpha value is -0.680. The second-order valence-corrected chi connectivity index (χ2v) is 5.98. The Morgan fingerprint density at radius 2 is 2.11 bits per heavy atom. The van der Waals surface area contributed by atoms with Gasteiger partial charge < -0.3 is 0 Å². The molecule has 0 saturated carbocycles. The van der Waals surface area contributed by atoms with Gasteiger partial charge in [0.2, 0.25) is 0 Å². The molecule has 0 aliphatic heterocycles. The number of hydrogen-bond donors (Lipinski definition) is 0. The van der Waals surface area contributed by atoms with E-state index in [0.717, 1.165) is 35.0 Å². The SMILES string of the molecule is CCCn1ncnc1CC(CBr)c1ccccc1Br. The van der Waals surface area contributed by atoms with Gasteiger partial charge in [0.25, 0.3) is 0 Å². The van der Waals surface area contributed by atoms with Crippen LogP contribution in [0.3, 0.4) is 0 Å². The molecule has 0 radical (unpaired) electrons. The molecule has 19 heavy (non-hydrogen) atoms. The molecule has 0 aliphatic rings. The highest BCUT2D eigenvalue weighted by Crippen LogP contribution is 2.28. The van der Waals surface area contributed by atoms with Gasteiger partial charge in [0.15, 0.2) is 0 Å². The molecule has 1 unspecified atom stereocenters. The molecule has 102 valence electrons. The topological polar surface area (TPSA) is 30.7 Å². The first-order valence-corrected chi connectivity index (χ1v) is 8.34. The highest BCUT2D eigenvalue weighted by molar-refractivity contribution is 9.10. The number of nitrogens with zero attached hydrogens (tertiary/aromatic N) is 3. The minimum Gasteiger partial charge on any atom is -0.250 e. The summed E-state index contributed by atoms with van der Waals surface area (Å²) < 4.78 is 3.16. The number of rotatable bonds is 6. The molecule has 0 fully saturated rings. The fourth-order valence-electron chi connectivity index (χ4n) is 2.12. The maximum absolute atomic E-state index is 4.39. The molecular weight excluding hydrogens is 370 g/mol. The zero-order chi connectivity index (χ0) is 13.7. The highest BCUT2D eigenvalue weighted by Gasteiger charge is 2.16. The molecule has 0 saturated heterocycles. The van der Waals surface area contributed by atoms with Crippen molar-refractivity contribution in [2.75, 3.05) is 5.33 Å². The maximum Gasteiger partial charge on any atom is 0.138 e. The summed E-state index contributed by atoms with van der Waals surface area (Å²) in [6.45, 7) is 3.08. The zero-order valence-corrected chi connectivity index (χ0v) is 14.1. The maximum atomic E-state index is 4.39. The first-order chi connectivity index (χ1) is 9.26. The molecule has 1 heterocycles. The number of aryl methyl sites for hydroxylation is 1. The monoisotopic (exact) mass is 385 g/mol. The van der Waals surface area contributed by atoms with E-state index >= 15 is 0 Å². The Morgan fingerprint density at radius 3 is 2.79 bits per heavy atom. The highest BCUT2D eigenvalue weighted by atomic mass is 79.9. The number of hydrogen-bond acceptors (Lipinski definition) is 2. The molecule has 2 aromatic rings. The lowest BCUT2D eigenvalue weighted by molar-refractivity contribution is 0.554. The van der Waals surface area contributed by atoms with Crippen molar-refractivity contribution in [3.05, 3.63) is 46.5 Å². The van der Waals surface area contributed by atoms with E-state index < -0.39 is 0 Å². The lowest BCUT2D eigenvalue weighted by Gasteiger charge is -2.16. The Labute approximate surface area is 130 Å². The van der Waals surface area contributed by atoms with E-state index in [0.29, 0.717) is 5.92 Å². The lowest BCUT2D eigenvalue weighted by Crippen LogP contribution is -2.12. The van der Waals surface area contributed by atoms with Crippen molar-refractivity contribution in [3.8, 4) is 0 Å². The summed E-state index contributed by atoms with van der Waals surface area (Å²) in [5.41, 5.74) is 1.31. The van der Waals surface area contributed by atoms with E-state index in [4.69, 9.17) is 0 Å². The van der Waals surface area contributed by atoms with Gasteiger partial charge in [0, 0.05) is 28.7 Å². The third-order valence-electron chi connectivity index (χ3n) is 3.09. The third-order valence-corrected chi connectivity index (χ3v) is 4.60. The Kier molecular flexibility index (Phi) is 5.58. The number of halogens is 2. The standard InChI is InChI=1S/C14H17Br2N3/c1-2-7-19-14(17-10-18-19)8-11(9-15)12-5-3-4-6-13(12)16/h3-6,10-11H,2,7-9H2,1H3. The fraction of sp³-hybridized carbons (Fsp3) is 0.429. The minimum absolute atomic E-state index is 0.399.